The molecule has 9 heteroatoms. The third-order valence-electron chi connectivity index (χ3n) is 7.93. The number of hydrogen-bond donors (Lipinski definition) is 1. The molecule has 2 aliphatic rings. The van der Waals surface area contributed by atoms with Crippen molar-refractivity contribution in [1.29, 1.82) is 0 Å². The van der Waals surface area contributed by atoms with Gasteiger partial charge in [-0.1, -0.05) is 32.4 Å². The Labute approximate surface area is 221 Å². The van der Waals surface area contributed by atoms with Crippen LogP contribution in [0.2, 0.25) is 23.2 Å². The van der Waals surface area contributed by atoms with Crippen molar-refractivity contribution in [3.63, 3.8) is 0 Å². The number of rotatable bonds is 6. The Balaban J connectivity index is 1.44. The lowest BCUT2D eigenvalue weighted by molar-refractivity contribution is 0.0724. The summed E-state index contributed by atoms with van der Waals surface area (Å²) in [6.45, 7) is 11.5. The van der Waals surface area contributed by atoms with Gasteiger partial charge in [0, 0.05) is 33.5 Å². The maximum absolute atomic E-state index is 13.5. The summed E-state index contributed by atoms with van der Waals surface area (Å²) in [5.41, 5.74) is 0.155. The molecule has 196 valence electrons. The number of nitrogens with one attached hydrogen (secondary N) is 1. The second-order valence-electron chi connectivity index (χ2n) is 11.5. The van der Waals surface area contributed by atoms with Crippen molar-refractivity contribution in [3.05, 3.63) is 58.4 Å². The predicted molar refractivity (Wildman–Crippen MR) is 143 cm³/mol. The molecule has 2 aromatic carbocycles. The SMILES string of the molecule is CC(C)(C)[Si](C)(C)OC1C2CC[C@H]1CC(Sc1cc(C(=O)Nc3cc(F)c(F)c(F)c3)ccc1Cl)C2. The highest BCUT2D eigenvalue weighted by Gasteiger charge is 2.48. The number of benzene rings is 2. The Hall–Kier alpha value is -1.48. The average molecular weight is 556 g/mol. The zero-order valence-electron chi connectivity index (χ0n) is 21.3. The molecule has 0 radical (unpaired) electrons. The Morgan fingerprint density at radius 3 is 2.19 bits per heavy atom. The van der Waals surface area contributed by atoms with Crippen LogP contribution in [-0.4, -0.2) is 25.6 Å². The Morgan fingerprint density at radius 1 is 1.06 bits per heavy atom. The van der Waals surface area contributed by atoms with Crippen LogP contribution in [0.5, 0.6) is 0 Å². The monoisotopic (exact) mass is 555 g/mol. The van der Waals surface area contributed by atoms with E-state index in [1.54, 1.807) is 30.0 Å². The van der Waals surface area contributed by atoms with Crippen LogP contribution in [0.25, 0.3) is 0 Å². The minimum Gasteiger partial charge on any atom is -0.413 e. The molecule has 3 nitrogen and oxygen atoms in total. The summed E-state index contributed by atoms with van der Waals surface area (Å²) in [5, 5.41) is 3.54. The molecule has 4 atom stereocenters. The van der Waals surface area contributed by atoms with Gasteiger partial charge in [0.05, 0.1) is 11.1 Å². The van der Waals surface area contributed by atoms with Gasteiger partial charge < -0.3 is 9.74 Å². The second kappa shape index (κ2) is 10.3. The summed E-state index contributed by atoms with van der Waals surface area (Å²) in [4.78, 5) is 13.5. The molecule has 4 rings (SSSR count). The smallest absolute Gasteiger partial charge is 0.255 e. The van der Waals surface area contributed by atoms with Crippen LogP contribution in [0, 0.1) is 29.3 Å². The lowest BCUT2D eigenvalue weighted by Gasteiger charge is -2.44. The Bertz CT molecular complexity index is 1120. The molecule has 3 unspecified atom stereocenters. The summed E-state index contributed by atoms with van der Waals surface area (Å²) in [7, 11) is -1.84. The van der Waals surface area contributed by atoms with Crippen LogP contribution in [0.3, 0.4) is 0 Å². The van der Waals surface area contributed by atoms with Crippen LogP contribution in [-0.2, 0) is 4.43 Å². The molecular formula is C27H33ClF3NO2SSi. The molecule has 1 N–H and O–H groups in total. The van der Waals surface area contributed by atoms with Crippen molar-refractivity contribution in [2.24, 2.45) is 11.8 Å². The quantitative estimate of drug-likeness (QED) is 0.286. The van der Waals surface area contributed by atoms with Crippen molar-refractivity contribution in [2.75, 3.05) is 5.32 Å². The van der Waals surface area contributed by atoms with E-state index >= 15 is 0 Å². The molecule has 1 amide bonds. The highest BCUT2D eigenvalue weighted by atomic mass is 35.5. The van der Waals surface area contributed by atoms with E-state index in [1.807, 2.05) is 0 Å². The lowest BCUT2D eigenvalue weighted by Crippen LogP contribution is -2.48. The van der Waals surface area contributed by atoms with E-state index in [4.69, 9.17) is 16.0 Å². The molecule has 2 saturated carbocycles. The van der Waals surface area contributed by atoms with Crippen molar-refractivity contribution < 1.29 is 22.4 Å². The number of thioether (sulfide) groups is 1. The molecule has 36 heavy (non-hydrogen) atoms. The molecule has 2 aromatic rings. The van der Waals surface area contributed by atoms with Crippen LogP contribution in [0.4, 0.5) is 18.9 Å². The third-order valence-corrected chi connectivity index (χ3v) is 14.2. The topological polar surface area (TPSA) is 38.3 Å². The van der Waals surface area contributed by atoms with Gasteiger partial charge in [0.1, 0.15) is 0 Å². The standard InChI is InChI=1S/C27H33ClF3NO2SSi/c1-27(2,3)36(4,5)34-25-15-6-7-16(25)11-19(10-15)35-23-12-17(8-9-20(23)28)26(33)32-18-13-21(29)24(31)22(30)14-18/h8-9,12-16,19,25H,6-7,10-11H2,1-5H3,(H,32,33)/t15-,16?,19?,25?/m0/s1. The Kier molecular flexibility index (Phi) is 7.92. The normalized spacial score (nSPS) is 24.1. The number of carbonyl (C=O) groups excluding carboxylic acids is 1. The second-order valence-corrected chi connectivity index (χ2v) is 18.0. The summed E-state index contributed by atoms with van der Waals surface area (Å²) < 4.78 is 47.1. The fourth-order valence-electron chi connectivity index (χ4n) is 4.97. The molecule has 0 heterocycles. The number of anilines is 1. The van der Waals surface area contributed by atoms with E-state index in [1.165, 1.54) is 12.8 Å². The van der Waals surface area contributed by atoms with Crippen molar-refractivity contribution in [2.45, 2.75) is 80.8 Å². The maximum atomic E-state index is 13.5. The summed E-state index contributed by atoms with van der Waals surface area (Å²) in [5.74, 6) is -3.78. The molecule has 2 bridgehead atoms. The van der Waals surface area contributed by atoms with Gasteiger partial charge in [-0.25, -0.2) is 13.2 Å². The van der Waals surface area contributed by atoms with Crippen LogP contribution in [0.15, 0.2) is 35.2 Å². The van der Waals surface area contributed by atoms with E-state index in [9.17, 15) is 18.0 Å². The number of fused-ring (bicyclic) bond motifs is 2. The van der Waals surface area contributed by atoms with E-state index in [0.29, 0.717) is 33.8 Å². The van der Waals surface area contributed by atoms with Gasteiger partial charge in [0.25, 0.3) is 5.91 Å². The van der Waals surface area contributed by atoms with Crippen molar-refractivity contribution in [3.8, 4) is 0 Å². The van der Waals surface area contributed by atoms with Gasteiger partial charge in [0.2, 0.25) is 0 Å². The van der Waals surface area contributed by atoms with E-state index in [-0.39, 0.29) is 10.7 Å². The molecule has 0 spiro atoms. The van der Waals surface area contributed by atoms with Crippen LogP contribution < -0.4 is 5.32 Å². The molecule has 0 aromatic heterocycles. The highest BCUT2D eigenvalue weighted by molar-refractivity contribution is 8.00. The first kappa shape index (κ1) is 27.5. The van der Waals surface area contributed by atoms with Crippen LogP contribution in [0.1, 0.15) is 56.8 Å². The van der Waals surface area contributed by atoms with Gasteiger partial charge in [-0.2, -0.15) is 0 Å². The van der Waals surface area contributed by atoms with E-state index in [0.717, 1.165) is 29.9 Å². The predicted octanol–water partition coefficient (Wildman–Crippen LogP) is 8.68. The zero-order chi connectivity index (χ0) is 26.4. The minimum absolute atomic E-state index is 0.155. The summed E-state index contributed by atoms with van der Waals surface area (Å²) in [6, 6.07) is 6.43. The number of amides is 1. The van der Waals surface area contributed by atoms with Crippen LogP contribution >= 0.6 is 23.4 Å². The number of halogens is 4. The Morgan fingerprint density at radius 2 is 1.64 bits per heavy atom. The van der Waals surface area contributed by atoms with Gasteiger partial charge in [0.15, 0.2) is 25.8 Å². The fourth-order valence-corrected chi connectivity index (χ4v) is 8.06. The molecule has 0 aliphatic heterocycles. The summed E-state index contributed by atoms with van der Waals surface area (Å²) in [6.07, 6.45) is 4.78. The molecular weight excluding hydrogens is 523 g/mol. The van der Waals surface area contributed by atoms with E-state index in [2.05, 4.69) is 39.2 Å². The highest BCUT2D eigenvalue weighted by Crippen LogP contribution is 2.51. The average Bonchev–Trinajstić information content (AvgIpc) is 2.99. The molecule has 0 saturated heterocycles. The zero-order valence-corrected chi connectivity index (χ0v) is 23.8. The first-order valence-electron chi connectivity index (χ1n) is 12.3. The minimum atomic E-state index is -1.84. The number of hydrogen-bond acceptors (Lipinski definition) is 3. The first-order chi connectivity index (χ1) is 16.7. The van der Waals surface area contributed by atoms with E-state index < -0.39 is 31.7 Å². The van der Waals surface area contributed by atoms with Crippen molar-refractivity contribution in [1.82, 2.24) is 0 Å². The lowest BCUT2D eigenvalue weighted by atomic mass is 9.86. The third kappa shape index (κ3) is 5.82. The van der Waals surface area contributed by atoms with Gasteiger partial charge in [-0.3, -0.25) is 4.79 Å². The fraction of sp³-hybridized carbons (Fsp3) is 0.519. The summed E-state index contributed by atoms with van der Waals surface area (Å²) >= 11 is 8.16. The van der Waals surface area contributed by atoms with Gasteiger partial charge in [-0.05, 0) is 73.9 Å². The number of carbonyl (C=O) groups is 1. The largest absolute Gasteiger partial charge is 0.413 e. The first-order valence-corrected chi connectivity index (χ1v) is 16.5. The molecule has 2 fully saturated rings. The maximum Gasteiger partial charge on any atom is 0.255 e. The van der Waals surface area contributed by atoms with Crippen molar-refractivity contribution >= 4 is 43.3 Å². The molecule has 2 aliphatic carbocycles. The van der Waals surface area contributed by atoms with Gasteiger partial charge >= 0.3 is 0 Å². The van der Waals surface area contributed by atoms with Gasteiger partial charge in [-0.15, -0.1) is 11.8 Å².